The lowest BCUT2D eigenvalue weighted by atomic mass is 10.2. The molecule has 0 unspecified atom stereocenters. The van der Waals surface area contributed by atoms with E-state index in [2.05, 4.69) is 10.7 Å². The Hall–Kier alpha value is -0.160. The summed E-state index contributed by atoms with van der Waals surface area (Å²) in [6.45, 7) is 3.64. The van der Waals surface area contributed by atoms with Crippen molar-refractivity contribution in [2.24, 2.45) is 11.6 Å². The van der Waals surface area contributed by atoms with Crippen LogP contribution in [0.1, 0.15) is 19.3 Å². The van der Waals surface area contributed by atoms with Gasteiger partial charge in [0.25, 0.3) is 0 Å². The number of unbranched alkanes of at least 4 members (excludes halogenated alkanes) is 2. The van der Waals surface area contributed by atoms with Crippen LogP contribution in [0.3, 0.4) is 0 Å². The number of nitrogens with two attached hydrogens (primary N) is 2. The van der Waals surface area contributed by atoms with Gasteiger partial charge < -0.3 is 11.1 Å². The second-order valence-electron chi connectivity index (χ2n) is 2.55. The van der Waals surface area contributed by atoms with E-state index in [0.717, 1.165) is 32.6 Å². The molecule has 0 aliphatic carbocycles. The minimum Gasteiger partial charge on any atom is -0.329 e. The van der Waals surface area contributed by atoms with Gasteiger partial charge in [0.2, 0.25) is 0 Å². The predicted molar refractivity (Wildman–Crippen MR) is 48.0 cm³/mol. The predicted octanol–water partition coefficient (Wildman–Crippen LogP) is -0.832. The molecule has 0 amide bonds. The summed E-state index contributed by atoms with van der Waals surface area (Å²) >= 11 is 0. The Kier molecular flexibility index (Phi) is 9.70. The minimum atomic E-state index is 0.727. The smallest absolute Gasteiger partial charge is 0.00974 e. The fourth-order valence-electron chi connectivity index (χ4n) is 0.881. The zero-order valence-corrected chi connectivity index (χ0v) is 7.10. The molecule has 6 N–H and O–H groups in total. The lowest BCUT2D eigenvalue weighted by Gasteiger charge is -2.02. The van der Waals surface area contributed by atoms with E-state index in [4.69, 9.17) is 11.6 Å². The molecule has 4 nitrogen and oxygen atoms in total. The highest BCUT2D eigenvalue weighted by atomic mass is 15.2. The Morgan fingerprint density at radius 1 is 0.909 bits per heavy atom. The molecule has 0 fully saturated rings. The van der Waals surface area contributed by atoms with Gasteiger partial charge in [-0.05, 0) is 19.4 Å². The van der Waals surface area contributed by atoms with Gasteiger partial charge in [0.05, 0.1) is 0 Å². The fourth-order valence-corrected chi connectivity index (χ4v) is 0.881. The average molecular weight is 160 g/mol. The van der Waals surface area contributed by atoms with Gasteiger partial charge in [-0.25, -0.2) is 0 Å². The van der Waals surface area contributed by atoms with E-state index < -0.39 is 0 Å². The summed E-state index contributed by atoms with van der Waals surface area (Å²) in [4.78, 5) is 0. The highest BCUT2D eigenvalue weighted by Crippen LogP contribution is 1.90. The molecule has 0 aromatic carbocycles. The molecular formula is C7H20N4. The van der Waals surface area contributed by atoms with Gasteiger partial charge in [-0.2, -0.15) is 0 Å². The quantitative estimate of drug-likeness (QED) is 0.212. The molecule has 0 spiro atoms. The van der Waals surface area contributed by atoms with Gasteiger partial charge in [-0.3, -0.25) is 11.3 Å². The van der Waals surface area contributed by atoms with E-state index in [-0.39, 0.29) is 0 Å². The van der Waals surface area contributed by atoms with E-state index >= 15 is 0 Å². The summed E-state index contributed by atoms with van der Waals surface area (Å²) in [6.07, 6.45) is 3.59. The average Bonchev–Trinajstić information content (AvgIpc) is 2.03. The maximum Gasteiger partial charge on any atom is 0.00974 e. The lowest BCUT2D eigenvalue weighted by Crippen LogP contribution is -2.24. The first-order valence-electron chi connectivity index (χ1n) is 4.26. The van der Waals surface area contributed by atoms with Gasteiger partial charge in [-0.15, -0.1) is 0 Å². The topological polar surface area (TPSA) is 76.1 Å². The molecule has 0 aliphatic rings. The second-order valence-corrected chi connectivity index (χ2v) is 2.55. The van der Waals surface area contributed by atoms with Gasteiger partial charge in [0, 0.05) is 19.6 Å². The Labute approximate surface area is 68.7 Å². The molecule has 0 aliphatic heterocycles. The monoisotopic (exact) mass is 160 g/mol. The van der Waals surface area contributed by atoms with Crippen molar-refractivity contribution in [2.45, 2.75) is 19.3 Å². The van der Waals surface area contributed by atoms with E-state index in [1.165, 1.54) is 12.8 Å². The largest absolute Gasteiger partial charge is 0.329 e. The molecule has 4 heteroatoms. The molecule has 0 aromatic rings. The van der Waals surface area contributed by atoms with Crippen LogP contribution in [0.4, 0.5) is 0 Å². The molecule has 0 rings (SSSR count). The fraction of sp³-hybridized carbons (Fsp3) is 1.00. The van der Waals surface area contributed by atoms with Crippen LogP contribution in [0, 0.1) is 0 Å². The molecule has 0 saturated heterocycles. The van der Waals surface area contributed by atoms with Crippen molar-refractivity contribution in [1.82, 2.24) is 10.7 Å². The van der Waals surface area contributed by atoms with Crippen molar-refractivity contribution in [2.75, 3.05) is 26.2 Å². The molecular weight excluding hydrogens is 140 g/mol. The van der Waals surface area contributed by atoms with Gasteiger partial charge in [0.1, 0.15) is 0 Å². The number of hydrogen-bond donors (Lipinski definition) is 4. The Balaban J connectivity index is 2.69. The highest BCUT2D eigenvalue weighted by Gasteiger charge is 1.87. The first-order valence-corrected chi connectivity index (χ1v) is 4.26. The van der Waals surface area contributed by atoms with E-state index in [0.29, 0.717) is 0 Å². The van der Waals surface area contributed by atoms with Crippen LogP contribution in [0.5, 0.6) is 0 Å². The molecule has 0 aromatic heterocycles. The summed E-state index contributed by atoms with van der Waals surface area (Å²) in [5.41, 5.74) is 7.93. The van der Waals surface area contributed by atoms with Gasteiger partial charge >= 0.3 is 0 Å². The minimum absolute atomic E-state index is 0.727. The first-order chi connectivity index (χ1) is 5.41. The van der Waals surface area contributed by atoms with Crippen molar-refractivity contribution in [3.63, 3.8) is 0 Å². The molecule has 0 saturated carbocycles. The van der Waals surface area contributed by atoms with Crippen molar-refractivity contribution >= 4 is 0 Å². The molecule has 0 radical (unpaired) electrons. The van der Waals surface area contributed by atoms with E-state index in [9.17, 15) is 0 Å². The SMILES string of the molecule is NCCNCCCCCNN. The zero-order valence-electron chi connectivity index (χ0n) is 7.10. The summed E-state index contributed by atoms with van der Waals surface area (Å²) in [5.74, 6) is 5.11. The van der Waals surface area contributed by atoms with Crippen LogP contribution in [0.2, 0.25) is 0 Å². The van der Waals surface area contributed by atoms with Crippen LogP contribution in [0.25, 0.3) is 0 Å². The van der Waals surface area contributed by atoms with Crippen LogP contribution >= 0.6 is 0 Å². The Bertz CT molecular complexity index is 59.5. The first kappa shape index (κ1) is 10.8. The standard InChI is InChI=1S/C7H20N4/c8-4-7-10-5-2-1-3-6-11-9/h10-11H,1-9H2. The third-order valence-electron chi connectivity index (χ3n) is 1.50. The summed E-state index contributed by atoms with van der Waals surface area (Å²) < 4.78 is 0. The summed E-state index contributed by atoms with van der Waals surface area (Å²) in [6, 6.07) is 0. The second kappa shape index (κ2) is 9.84. The van der Waals surface area contributed by atoms with E-state index in [1.807, 2.05) is 0 Å². The van der Waals surface area contributed by atoms with Crippen molar-refractivity contribution in [1.29, 1.82) is 0 Å². The Morgan fingerprint density at radius 3 is 2.27 bits per heavy atom. The molecule has 0 atom stereocenters. The highest BCUT2D eigenvalue weighted by molar-refractivity contribution is 4.49. The van der Waals surface area contributed by atoms with Crippen LogP contribution in [0.15, 0.2) is 0 Å². The molecule has 11 heavy (non-hydrogen) atoms. The maximum atomic E-state index is 5.30. The number of hydrogen-bond acceptors (Lipinski definition) is 4. The van der Waals surface area contributed by atoms with E-state index in [1.54, 1.807) is 0 Å². The lowest BCUT2D eigenvalue weighted by molar-refractivity contribution is 0.583. The zero-order chi connectivity index (χ0) is 8.36. The third-order valence-corrected chi connectivity index (χ3v) is 1.50. The van der Waals surface area contributed by atoms with Crippen molar-refractivity contribution in [3.8, 4) is 0 Å². The number of rotatable bonds is 8. The molecule has 68 valence electrons. The normalized spacial score (nSPS) is 10.4. The summed E-state index contributed by atoms with van der Waals surface area (Å²) in [7, 11) is 0. The van der Waals surface area contributed by atoms with Crippen LogP contribution < -0.4 is 22.3 Å². The van der Waals surface area contributed by atoms with Crippen LogP contribution in [-0.4, -0.2) is 26.2 Å². The van der Waals surface area contributed by atoms with Crippen LogP contribution in [-0.2, 0) is 0 Å². The van der Waals surface area contributed by atoms with Crippen molar-refractivity contribution < 1.29 is 0 Å². The maximum absolute atomic E-state index is 5.30. The number of nitrogens with one attached hydrogen (secondary N) is 2. The third kappa shape index (κ3) is 9.84. The van der Waals surface area contributed by atoms with Crippen molar-refractivity contribution in [3.05, 3.63) is 0 Å². The van der Waals surface area contributed by atoms with Gasteiger partial charge in [-0.1, -0.05) is 6.42 Å². The number of hydrazine groups is 1. The van der Waals surface area contributed by atoms with Gasteiger partial charge in [0.15, 0.2) is 0 Å². The molecule has 0 bridgehead atoms. The Morgan fingerprint density at radius 2 is 1.64 bits per heavy atom. The molecule has 0 heterocycles. The summed E-state index contributed by atoms with van der Waals surface area (Å²) in [5, 5.41) is 3.24.